The SMILES string of the molecule is Cc1ccc(S(=O)(=O)N2CC(Cc3ccccc3)=CC2=O)cc1. The van der Waals surface area contributed by atoms with Crippen molar-refractivity contribution in [1.82, 2.24) is 4.31 Å². The van der Waals surface area contributed by atoms with Gasteiger partial charge in [0.1, 0.15) is 0 Å². The van der Waals surface area contributed by atoms with E-state index in [1.54, 1.807) is 12.1 Å². The summed E-state index contributed by atoms with van der Waals surface area (Å²) in [5.41, 5.74) is 2.83. The van der Waals surface area contributed by atoms with Crippen molar-refractivity contribution < 1.29 is 13.2 Å². The molecule has 0 N–H and O–H groups in total. The fourth-order valence-corrected chi connectivity index (χ4v) is 3.92. The van der Waals surface area contributed by atoms with Gasteiger partial charge in [-0.2, -0.15) is 0 Å². The van der Waals surface area contributed by atoms with Gasteiger partial charge < -0.3 is 0 Å². The molecule has 0 spiro atoms. The maximum Gasteiger partial charge on any atom is 0.267 e. The van der Waals surface area contributed by atoms with E-state index in [9.17, 15) is 13.2 Å². The van der Waals surface area contributed by atoms with Gasteiger partial charge in [-0.05, 0) is 36.6 Å². The van der Waals surface area contributed by atoms with Crippen molar-refractivity contribution in [3.63, 3.8) is 0 Å². The first kappa shape index (κ1) is 15.5. The van der Waals surface area contributed by atoms with Crippen LogP contribution < -0.4 is 0 Å². The van der Waals surface area contributed by atoms with E-state index in [2.05, 4.69) is 0 Å². The van der Waals surface area contributed by atoms with Gasteiger partial charge in [0.25, 0.3) is 15.9 Å². The fourth-order valence-electron chi connectivity index (χ4n) is 2.56. The third kappa shape index (κ3) is 3.19. The Balaban J connectivity index is 1.80. The summed E-state index contributed by atoms with van der Waals surface area (Å²) in [7, 11) is -3.80. The number of carbonyl (C=O) groups excluding carboxylic acids is 1. The second-order valence-electron chi connectivity index (χ2n) is 5.63. The Hall–Kier alpha value is -2.40. The quantitative estimate of drug-likeness (QED) is 0.867. The molecule has 1 aliphatic heterocycles. The number of benzene rings is 2. The lowest BCUT2D eigenvalue weighted by Crippen LogP contribution is -2.33. The van der Waals surface area contributed by atoms with Crippen molar-refractivity contribution in [2.75, 3.05) is 6.54 Å². The molecule has 0 radical (unpaired) electrons. The summed E-state index contributed by atoms with van der Waals surface area (Å²) in [6, 6.07) is 16.2. The molecule has 2 aromatic carbocycles. The average molecular weight is 327 g/mol. The molecular formula is C18H17NO3S. The minimum Gasteiger partial charge on any atom is -0.269 e. The van der Waals surface area contributed by atoms with Gasteiger partial charge >= 0.3 is 0 Å². The van der Waals surface area contributed by atoms with Crippen molar-refractivity contribution in [2.45, 2.75) is 18.2 Å². The monoisotopic (exact) mass is 327 g/mol. The zero-order valence-electron chi connectivity index (χ0n) is 12.8. The standard InChI is InChI=1S/C18H17NO3S/c1-14-7-9-17(10-8-14)23(21,22)19-13-16(12-18(19)20)11-15-5-3-2-4-6-15/h2-10,12H,11,13H2,1H3. The second kappa shape index (κ2) is 6.01. The van der Waals surface area contributed by atoms with E-state index in [1.807, 2.05) is 37.3 Å². The fraction of sp³-hybridized carbons (Fsp3) is 0.167. The molecule has 0 aromatic heterocycles. The van der Waals surface area contributed by atoms with Crippen LogP contribution >= 0.6 is 0 Å². The predicted octanol–water partition coefficient (Wildman–Crippen LogP) is 2.70. The van der Waals surface area contributed by atoms with Crippen molar-refractivity contribution in [3.8, 4) is 0 Å². The lowest BCUT2D eigenvalue weighted by atomic mass is 10.1. The summed E-state index contributed by atoms with van der Waals surface area (Å²) in [5.74, 6) is -0.475. The van der Waals surface area contributed by atoms with Gasteiger partial charge in [0, 0.05) is 6.08 Å². The van der Waals surface area contributed by atoms with Crippen LogP contribution in [0.15, 0.2) is 71.1 Å². The van der Waals surface area contributed by atoms with E-state index in [0.717, 1.165) is 21.0 Å². The topological polar surface area (TPSA) is 54.5 Å². The molecule has 1 amide bonds. The zero-order valence-corrected chi connectivity index (χ0v) is 13.6. The number of carbonyl (C=O) groups is 1. The van der Waals surface area contributed by atoms with Gasteiger partial charge in [-0.1, -0.05) is 48.0 Å². The largest absolute Gasteiger partial charge is 0.269 e. The van der Waals surface area contributed by atoms with Crippen LogP contribution in [0, 0.1) is 6.92 Å². The number of rotatable bonds is 4. The van der Waals surface area contributed by atoms with Crippen LogP contribution in [0.1, 0.15) is 11.1 Å². The highest BCUT2D eigenvalue weighted by atomic mass is 32.2. The molecule has 4 nitrogen and oxygen atoms in total. The van der Waals surface area contributed by atoms with E-state index >= 15 is 0 Å². The van der Waals surface area contributed by atoms with Gasteiger partial charge in [0.15, 0.2) is 0 Å². The molecule has 0 saturated heterocycles. The van der Waals surface area contributed by atoms with Gasteiger partial charge in [-0.25, -0.2) is 12.7 Å². The van der Waals surface area contributed by atoms with Gasteiger partial charge in [-0.3, -0.25) is 4.79 Å². The van der Waals surface area contributed by atoms with Crippen molar-refractivity contribution in [2.24, 2.45) is 0 Å². The first-order chi connectivity index (χ1) is 11.0. The highest BCUT2D eigenvalue weighted by molar-refractivity contribution is 7.89. The highest BCUT2D eigenvalue weighted by Crippen LogP contribution is 2.24. The minimum absolute atomic E-state index is 0.115. The molecule has 1 heterocycles. The summed E-state index contributed by atoms with van der Waals surface area (Å²) in [5, 5.41) is 0. The molecule has 0 fully saturated rings. The molecular weight excluding hydrogens is 310 g/mol. The number of nitrogens with zero attached hydrogens (tertiary/aromatic N) is 1. The molecule has 0 atom stereocenters. The summed E-state index contributed by atoms with van der Waals surface area (Å²) >= 11 is 0. The Morgan fingerprint density at radius 1 is 1.00 bits per heavy atom. The highest BCUT2D eigenvalue weighted by Gasteiger charge is 2.33. The second-order valence-corrected chi connectivity index (χ2v) is 7.49. The molecule has 3 rings (SSSR count). The number of hydrogen-bond acceptors (Lipinski definition) is 3. The molecule has 1 aliphatic rings. The van der Waals surface area contributed by atoms with E-state index in [1.165, 1.54) is 18.2 Å². The molecule has 118 valence electrons. The maximum absolute atomic E-state index is 12.6. The number of hydrogen-bond donors (Lipinski definition) is 0. The van der Waals surface area contributed by atoms with E-state index in [-0.39, 0.29) is 11.4 Å². The van der Waals surface area contributed by atoms with Crippen LogP contribution in [0.3, 0.4) is 0 Å². The normalized spacial score (nSPS) is 14.9. The third-order valence-corrected chi connectivity index (χ3v) is 5.56. The smallest absolute Gasteiger partial charge is 0.267 e. The molecule has 5 heteroatoms. The van der Waals surface area contributed by atoms with E-state index < -0.39 is 15.9 Å². The van der Waals surface area contributed by atoms with Crippen LogP contribution in [-0.4, -0.2) is 25.2 Å². The summed E-state index contributed by atoms with van der Waals surface area (Å²) in [6.45, 7) is 2.00. The number of aryl methyl sites for hydroxylation is 1. The van der Waals surface area contributed by atoms with Gasteiger partial charge in [0.05, 0.1) is 11.4 Å². The molecule has 0 saturated carbocycles. The summed E-state index contributed by atoms with van der Waals surface area (Å²) in [6.07, 6.45) is 2.01. The predicted molar refractivity (Wildman–Crippen MR) is 88.3 cm³/mol. The molecule has 0 bridgehead atoms. The van der Waals surface area contributed by atoms with E-state index in [0.29, 0.717) is 6.42 Å². The van der Waals surface area contributed by atoms with Gasteiger partial charge in [0.2, 0.25) is 0 Å². The molecule has 2 aromatic rings. The Morgan fingerprint density at radius 3 is 2.30 bits per heavy atom. The molecule has 0 aliphatic carbocycles. The first-order valence-corrected chi connectivity index (χ1v) is 8.77. The minimum atomic E-state index is -3.80. The van der Waals surface area contributed by atoms with Gasteiger partial charge in [-0.15, -0.1) is 0 Å². The summed E-state index contributed by atoms with van der Waals surface area (Å²) in [4.78, 5) is 12.3. The Morgan fingerprint density at radius 2 is 1.65 bits per heavy atom. The van der Waals surface area contributed by atoms with E-state index in [4.69, 9.17) is 0 Å². The maximum atomic E-state index is 12.6. The van der Waals surface area contributed by atoms with Crippen LogP contribution in [0.25, 0.3) is 0 Å². The molecule has 0 unspecified atom stereocenters. The Bertz CT molecular complexity index is 853. The third-order valence-electron chi connectivity index (χ3n) is 3.80. The number of amides is 1. The Kier molecular flexibility index (Phi) is 4.05. The zero-order chi connectivity index (χ0) is 16.4. The lowest BCUT2D eigenvalue weighted by molar-refractivity contribution is -0.120. The van der Waals surface area contributed by atoms with Crippen LogP contribution in [0.5, 0.6) is 0 Å². The molecule has 23 heavy (non-hydrogen) atoms. The van der Waals surface area contributed by atoms with Crippen molar-refractivity contribution in [3.05, 3.63) is 77.4 Å². The van der Waals surface area contributed by atoms with Crippen LogP contribution in [0.2, 0.25) is 0 Å². The number of sulfonamides is 1. The lowest BCUT2D eigenvalue weighted by Gasteiger charge is -2.17. The summed E-state index contributed by atoms with van der Waals surface area (Å²) < 4.78 is 26.2. The van der Waals surface area contributed by atoms with Crippen molar-refractivity contribution in [1.29, 1.82) is 0 Å². The van der Waals surface area contributed by atoms with Crippen molar-refractivity contribution >= 4 is 15.9 Å². The average Bonchev–Trinajstić information content (AvgIpc) is 2.90. The first-order valence-electron chi connectivity index (χ1n) is 7.33. The Labute approximate surface area is 136 Å². The van der Waals surface area contributed by atoms with Crippen LogP contribution in [-0.2, 0) is 21.2 Å². The van der Waals surface area contributed by atoms with Crippen LogP contribution in [0.4, 0.5) is 0 Å².